The first-order chi connectivity index (χ1) is 15.2. The number of benzene rings is 4. The molecule has 0 atom stereocenters. The lowest BCUT2D eigenvalue weighted by Gasteiger charge is -2.10. The van der Waals surface area contributed by atoms with Crippen molar-refractivity contribution in [1.82, 2.24) is 4.98 Å². The van der Waals surface area contributed by atoms with Gasteiger partial charge in [0, 0.05) is 11.1 Å². The molecular formula is C28H19F2N. The zero-order valence-corrected chi connectivity index (χ0v) is 16.6. The van der Waals surface area contributed by atoms with E-state index in [1.165, 1.54) is 24.3 Å². The average molecular weight is 407 g/mol. The highest BCUT2D eigenvalue weighted by atomic mass is 19.1. The third kappa shape index (κ3) is 3.66. The highest BCUT2D eigenvalue weighted by molar-refractivity contribution is 6.01. The maximum absolute atomic E-state index is 13.7. The number of aromatic amines is 1. The molecule has 3 heteroatoms. The summed E-state index contributed by atoms with van der Waals surface area (Å²) < 4.78 is 27.4. The Morgan fingerprint density at radius 2 is 0.742 bits per heavy atom. The van der Waals surface area contributed by atoms with Crippen LogP contribution < -0.4 is 0 Å². The highest BCUT2D eigenvalue weighted by Crippen LogP contribution is 2.46. The van der Waals surface area contributed by atoms with Crippen molar-refractivity contribution in [3.63, 3.8) is 0 Å². The van der Waals surface area contributed by atoms with Crippen LogP contribution in [0.3, 0.4) is 0 Å². The summed E-state index contributed by atoms with van der Waals surface area (Å²) in [7, 11) is 0. The SMILES string of the molecule is Fc1ccc(-c2c(-c3ccccc3)[nH]c(-c3ccccc3)c2-c2ccc(F)cc2)cc1. The fourth-order valence-electron chi connectivity index (χ4n) is 3.95. The van der Waals surface area contributed by atoms with E-state index in [0.717, 1.165) is 44.8 Å². The topological polar surface area (TPSA) is 15.8 Å². The van der Waals surface area contributed by atoms with Crippen LogP contribution in [0.5, 0.6) is 0 Å². The minimum Gasteiger partial charge on any atom is -0.353 e. The molecule has 0 aliphatic rings. The summed E-state index contributed by atoms with van der Waals surface area (Å²) in [6, 6.07) is 33.1. The van der Waals surface area contributed by atoms with E-state index in [1.54, 1.807) is 24.3 Å². The quantitative estimate of drug-likeness (QED) is 0.311. The molecule has 0 radical (unpaired) electrons. The molecule has 0 bridgehead atoms. The number of nitrogens with one attached hydrogen (secondary N) is 1. The molecule has 0 saturated heterocycles. The van der Waals surface area contributed by atoms with Gasteiger partial charge in [0.2, 0.25) is 0 Å². The van der Waals surface area contributed by atoms with Gasteiger partial charge in [-0.25, -0.2) is 8.78 Å². The number of H-pyrrole nitrogens is 1. The summed E-state index contributed by atoms with van der Waals surface area (Å²) in [5.74, 6) is -0.570. The van der Waals surface area contributed by atoms with Crippen LogP contribution in [0.2, 0.25) is 0 Å². The van der Waals surface area contributed by atoms with E-state index in [-0.39, 0.29) is 11.6 Å². The zero-order valence-electron chi connectivity index (χ0n) is 16.6. The third-order valence-corrected chi connectivity index (χ3v) is 5.39. The van der Waals surface area contributed by atoms with Crippen LogP contribution >= 0.6 is 0 Å². The largest absolute Gasteiger partial charge is 0.353 e. The molecule has 0 saturated carbocycles. The number of hydrogen-bond donors (Lipinski definition) is 1. The first kappa shape index (κ1) is 19.0. The lowest BCUT2D eigenvalue weighted by atomic mass is 9.91. The second-order valence-corrected chi connectivity index (χ2v) is 7.37. The standard InChI is InChI=1S/C28H19F2N/c29-23-15-11-19(12-16-23)25-26(20-13-17-24(30)18-14-20)28(22-9-5-2-6-10-22)31-27(25)21-7-3-1-4-8-21/h1-18,31H. The Morgan fingerprint density at radius 3 is 1.10 bits per heavy atom. The van der Waals surface area contributed by atoms with Gasteiger partial charge in [-0.1, -0.05) is 84.9 Å². The van der Waals surface area contributed by atoms with Crippen LogP contribution in [0.4, 0.5) is 8.78 Å². The molecule has 31 heavy (non-hydrogen) atoms. The Bertz CT molecular complexity index is 1200. The molecule has 0 spiro atoms. The van der Waals surface area contributed by atoms with Gasteiger partial charge in [0.25, 0.3) is 0 Å². The molecule has 0 amide bonds. The van der Waals surface area contributed by atoms with Crippen molar-refractivity contribution in [3.8, 4) is 44.8 Å². The Hall–Kier alpha value is -3.98. The van der Waals surface area contributed by atoms with E-state index in [1.807, 2.05) is 60.7 Å². The Kier molecular flexibility index (Phi) is 4.93. The summed E-state index contributed by atoms with van der Waals surface area (Å²) >= 11 is 0. The summed E-state index contributed by atoms with van der Waals surface area (Å²) in [6.07, 6.45) is 0. The molecule has 1 heterocycles. The normalized spacial score (nSPS) is 10.9. The second kappa shape index (κ2) is 8.04. The van der Waals surface area contributed by atoms with E-state index in [9.17, 15) is 8.78 Å². The van der Waals surface area contributed by atoms with E-state index in [2.05, 4.69) is 4.98 Å². The third-order valence-electron chi connectivity index (χ3n) is 5.39. The first-order valence-electron chi connectivity index (χ1n) is 10.1. The Labute approximate surface area is 179 Å². The monoisotopic (exact) mass is 407 g/mol. The molecule has 150 valence electrons. The number of hydrogen-bond acceptors (Lipinski definition) is 0. The van der Waals surface area contributed by atoms with Gasteiger partial charge in [-0.15, -0.1) is 0 Å². The second-order valence-electron chi connectivity index (χ2n) is 7.37. The number of halogens is 2. The fraction of sp³-hybridized carbons (Fsp3) is 0. The Balaban J connectivity index is 1.88. The number of rotatable bonds is 4. The van der Waals surface area contributed by atoms with Gasteiger partial charge in [-0.3, -0.25) is 0 Å². The van der Waals surface area contributed by atoms with Crippen LogP contribution in [-0.4, -0.2) is 4.98 Å². The maximum Gasteiger partial charge on any atom is 0.123 e. The minimum atomic E-state index is -0.285. The van der Waals surface area contributed by atoms with Gasteiger partial charge >= 0.3 is 0 Å². The van der Waals surface area contributed by atoms with Crippen molar-refractivity contribution in [2.75, 3.05) is 0 Å². The van der Waals surface area contributed by atoms with Crippen LogP contribution in [0.15, 0.2) is 109 Å². The molecule has 5 aromatic rings. The fourth-order valence-corrected chi connectivity index (χ4v) is 3.95. The van der Waals surface area contributed by atoms with Crippen molar-refractivity contribution in [2.45, 2.75) is 0 Å². The first-order valence-corrected chi connectivity index (χ1v) is 10.1. The molecule has 5 rings (SSSR count). The lowest BCUT2D eigenvalue weighted by Crippen LogP contribution is -1.87. The zero-order chi connectivity index (χ0) is 21.2. The van der Waals surface area contributed by atoms with Crippen molar-refractivity contribution in [1.29, 1.82) is 0 Å². The molecule has 0 aliphatic heterocycles. The molecule has 0 aliphatic carbocycles. The smallest absolute Gasteiger partial charge is 0.123 e. The van der Waals surface area contributed by atoms with Crippen LogP contribution in [0.1, 0.15) is 0 Å². The molecule has 0 unspecified atom stereocenters. The summed E-state index contributed by atoms with van der Waals surface area (Å²) in [4.78, 5) is 3.62. The van der Waals surface area contributed by atoms with Gasteiger partial charge in [0.15, 0.2) is 0 Å². The van der Waals surface area contributed by atoms with Crippen LogP contribution in [0.25, 0.3) is 44.8 Å². The highest BCUT2D eigenvalue weighted by Gasteiger charge is 2.22. The van der Waals surface area contributed by atoms with E-state index < -0.39 is 0 Å². The van der Waals surface area contributed by atoms with Crippen molar-refractivity contribution in [3.05, 3.63) is 121 Å². The van der Waals surface area contributed by atoms with Crippen LogP contribution in [-0.2, 0) is 0 Å². The molecular weight excluding hydrogens is 388 g/mol. The molecule has 4 aromatic carbocycles. The maximum atomic E-state index is 13.7. The van der Waals surface area contributed by atoms with Crippen molar-refractivity contribution in [2.24, 2.45) is 0 Å². The Morgan fingerprint density at radius 1 is 0.387 bits per heavy atom. The summed E-state index contributed by atoms with van der Waals surface area (Å²) in [5.41, 5.74) is 7.60. The number of aromatic nitrogens is 1. The van der Waals surface area contributed by atoms with Gasteiger partial charge in [0.05, 0.1) is 11.4 Å². The summed E-state index contributed by atoms with van der Waals surface area (Å²) in [6.45, 7) is 0. The molecule has 1 N–H and O–H groups in total. The minimum absolute atomic E-state index is 0.285. The molecule has 0 fully saturated rings. The van der Waals surface area contributed by atoms with E-state index in [0.29, 0.717) is 0 Å². The predicted octanol–water partition coefficient (Wildman–Crippen LogP) is 7.96. The predicted molar refractivity (Wildman–Crippen MR) is 122 cm³/mol. The molecule has 1 aromatic heterocycles. The van der Waals surface area contributed by atoms with Crippen LogP contribution in [0, 0.1) is 11.6 Å². The van der Waals surface area contributed by atoms with Gasteiger partial charge in [-0.05, 0) is 46.5 Å². The average Bonchev–Trinajstić information content (AvgIpc) is 3.22. The van der Waals surface area contributed by atoms with Gasteiger partial charge in [-0.2, -0.15) is 0 Å². The van der Waals surface area contributed by atoms with Gasteiger partial charge < -0.3 is 4.98 Å². The lowest BCUT2D eigenvalue weighted by molar-refractivity contribution is 0.627. The van der Waals surface area contributed by atoms with E-state index in [4.69, 9.17) is 0 Å². The van der Waals surface area contributed by atoms with E-state index >= 15 is 0 Å². The molecule has 1 nitrogen and oxygen atoms in total. The van der Waals surface area contributed by atoms with Crippen molar-refractivity contribution >= 4 is 0 Å². The van der Waals surface area contributed by atoms with Gasteiger partial charge in [0.1, 0.15) is 11.6 Å². The summed E-state index contributed by atoms with van der Waals surface area (Å²) in [5, 5.41) is 0. The van der Waals surface area contributed by atoms with Crippen molar-refractivity contribution < 1.29 is 8.78 Å².